The highest BCUT2D eigenvalue weighted by Crippen LogP contribution is 2.30. The van der Waals surface area contributed by atoms with Crippen LogP contribution in [0.25, 0.3) is 11.3 Å². The van der Waals surface area contributed by atoms with Gasteiger partial charge in [-0.25, -0.2) is 4.98 Å². The molecule has 2 N–H and O–H groups in total. The number of aryl methyl sites for hydroxylation is 2. The fraction of sp³-hybridized carbons (Fsp3) is 0.286. The van der Waals surface area contributed by atoms with Gasteiger partial charge in [-0.2, -0.15) is 0 Å². The summed E-state index contributed by atoms with van der Waals surface area (Å²) >= 11 is 0. The number of aromatic amines is 1. The topological polar surface area (TPSA) is 75.2 Å². The molecule has 1 aromatic heterocycles. The normalized spacial score (nSPS) is 10.4. The third-order valence-electron chi connectivity index (χ3n) is 2.87. The van der Waals surface area contributed by atoms with E-state index in [1.165, 1.54) is 0 Å². The number of hydrogen-bond acceptors (Lipinski definition) is 3. The lowest BCUT2D eigenvalue weighted by atomic mass is 10.1. The Hall–Kier alpha value is -2.30. The van der Waals surface area contributed by atoms with E-state index in [2.05, 4.69) is 9.97 Å². The van der Waals surface area contributed by atoms with Crippen molar-refractivity contribution in [1.29, 1.82) is 0 Å². The van der Waals surface area contributed by atoms with Gasteiger partial charge in [0.05, 0.1) is 19.2 Å². The molecule has 1 aromatic carbocycles. The van der Waals surface area contributed by atoms with Gasteiger partial charge in [0.15, 0.2) is 0 Å². The van der Waals surface area contributed by atoms with E-state index in [-0.39, 0.29) is 6.42 Å². The molecule has 0 saturated heterocycles. The predicted octanol–water partition coefficient (Wildman–Crippen LogP) is 2.41. The summed E-state index contributed by atoms with van der Waals surface area (Å²) in [6, 6.07) is 7.63. The number of H-pyrrole nitrogens is 1. The Bertz CT molecular complexity index is 590. The van der Waals surface area contributed by atoms with Gasteiger partial charge >= 0.3 is 5.97 Å². The van der Waals surface area contributed by atoms with E-state index in [9.17, 15) is 4.79 Å². The Balaban J connectivity index is 2.32. The quantitative estimate of drug-likeness (QED) is 0.865. The minimum atomic E-state index is -0.826. The Kier molecular flexibility index (Phi) is 3.85. The summed E-state index contributed by atoms with van der Waals surface area (Å²) in [5.74, 6) is 0.607. The lowest BCUT2D eigenvalue weighted by Gasteiger charge is -2.06. The van der Waals surface area contributed by atoms with Crippen LogP contribution in [-0.4, -0.2) is 28.2 Å². The molecular weight excluding hydrogens is 244 g/mol. The summed E-state index contributed by atoms with van der Waals surface area (Å²) in [4.78, 5) is 18.2. The number of para-hydroxylation sites is 1. The van der Waals surface area contributed by atoms with E-state index >= 15 is 0 Å². The van der Waals surface area contributed by atoms with Crippen LogP contribution in [0.1, 0.15) is 17.9 Å². The monoisotopic (exact) mass is 260 g/mol. The van der Waals surface area contributed by atoms with Crippen molar-refractivity contribution < 1.29 is 14.6 Å². The molecule has 2 aromatic rings. The molecule has 5 nitrogen and oxygen atoms in total. The van der Waals surface area contributed by atoms with Gasteiger partial charge in [0.1, 0.15) is 11.6 Å². The molecule has 0 unspecified atom stereocenters. The van der Waals surface area contributed by atoms with E-state index in [0.29, 0.717) is 12.2 Å². The third-order valence-corrected chi connectivity index (χ3v) is 2.87. The first-order chi connectivity index (χ1) is 9.11. The number of methoxy groups -OCH3 is 1. The average Bonchev–Trinajstić information content (AvgIpc) is 2.77. The number of rotatable bonds is 5. The number of benzene rings is 1. The van der Waals surface area contributed by atoms with Gasteiger partial charge in [-0.05, 0) is 19.1 Å². The van der Waals surface area contributed by atoms with E-state index in [1.807, 2.05) is 31.2 Å². The van der Waals surface area contributed by atoms with Crippen LogP contribution >= 0.6 is 0 Å². The number of nitrogens with zero attached hydrogens (tertiary/aromatic N) is 1. The van der Waals surface area contributed by atoms with Crippen molar-refractivity contribution in [2.45, 2.75) is 19.8 Å². The summed E-state index contributed by atoms with van der Waals surface area (Å²) in [6.45, 7) is 1.92. The average molecular weight is 260 g/mol. The number of ether oxygens (including phenoxy) is 1. The SMILES string of the molecule is COc1ccccc1-c1nc(CCC(=O)O)[nH]c1C. The number of carboxylic acid groups (broad SMARTS) is 1. The molecule has 0 aliphatic carbocycles. The van der Waals surface area contributed by atoms with Gasteiger partial charge in [-0.1, -0.05) is 12.1 Å². The van der Waals surface area contributed by atoms with E-state index in [4.69, 9.17) is 9.84 Å². The largest absolute Gasteiger partial charge is 0.496 e. The van der Waals surface area contributed by atoms with Crippen LogP contribution in [0.2, 0.25) is 0 Å². The highest BCUT2D eigenvalue weighted by molar-refractivity contribution is 5.69. The lowest BCUT2D eigenvalue weighted by molar-refractivity contribution is -0.137. The van der Waals surface area contributed by atoms with Crippen LogP contribution in [-0.2, 0) is 11.2 Å². The predicted molar refractivity (Wildman–Crippen MR) is 71.3 cm³/mol. The maximum atomic E-state index is 10.6. The van der Waals surface area contributed by atoms with Crippen LogP contribution in [0.3, 0.4) is 0 Å². The smallest absolute Gasteiger partial charge is 0.303 e. The second-order valence-corrected chi connectivity index (χ2v) is 4.25. The first-order valence-electron chi connectivity index (χ1n) is 6.02. The Labute approximate surface area is 111 Å². The number of carboxylic acids is 1. The van der Waals surface area contributed by atoms with Gasteiger partial charge < -0.3 is 14.8 Å². The molecule has 0 aliphatic heterocycles. The highest BCUT2D eigenvalue weighted by Gasteiger charge is 2.13. The lowest BCUT2D eigenvalue weighted by Crippen LogP contribution is -1.98. The molecule has 100 valence electrons. The summed E-state index contributed by atoms with van der Waals surface area (Å²) in [6.07, 6.45) is 0.462. The molecule has 0 amide bonds. The van der Waals surface area contributed by atoms with E-state index in [0.717, 1.165) is 22.7 Å². The van der Waals surface area contributed by atoms with Crippen molar-refractivity contribution in [2.24, 2.45) is 0 Å². The van der Waals surface area contributed by atoms with Crippen molar-refractivity contribution in [3.8, 4) is 17.0 Å². The van der Waals surface area contributed by atoms with Gasteiger partial charge in [-0.3, -0.25) is 4.79 Å². The summed E-state index contributed by atoms with van der Waals surface area (Å²) in [5.41, 5.74) is 2.61. The molecule has 0 bridgehead atoms. The van der Waals surface area contributed by atoms with Crippen molar-refractivity contribution in [1.82, 2.24) is 9.97 Å². The molecule has 2 rings (SSSR count). The number of nitrogens with one attached hydrogen (secondary N) is 1. The first-order valence-corrected chi connectivity index (χ1v) is 6.02. The molecule has 0 atom stereocenters. The van der Waals surface area contributed by atoms with E-state index in [1.54, 1.807) is 7.11 Å². The van der Waals surface area contributed by atoms with Crippen LogP contribution in [0.5, 0.6) is 5.75 Å². The molecule has 0 fully saturated rings. The number of carbonyl (C=O) groups is 1. The Morgan fingerprint density at radius 3 is 2.84 bits per heavy atom. The second kappa shape index (κ2) is 5.56. The van der Waals surface area contributed by atoms with Gasteiger partial charge in [0.2, 0.25) is 0 Å². The summed E-state index contributed by atoms with van der Waals surface area (Å²) in [7, 11) is 1.62. The number of imidazole rings is 1. The fourth-order valence-electron chi connectivity index (χ4n) is 1.97. The first kappa shape index (κ1) is 13.1. The molecule has 0 aliphatic rings. The number of hydrogen-bond donors (Lipinski definition) is 2. The zero-order chi connectivity index (χ0) is 13.8. The molecule has 5 heteroatoms. The summed E-state index contributed by atoms with van der Waals surface area (Å²) in [5, 5.41) is 8.69. The number of aromatic nitrogens is 2. The van der Waals surface area contributed by atoms with Crippen molar-refractivity contribution >= 4 is 5.97 Å². The van der Waals surface area contributed by atoms with Gasteiger partial charge in [0, 0.05) is 17.7 Å². The zero-order valence-corrected chi connectivity index (χ0v) is 10.9. The maximum absolute atomic E-state index is 10.6. The minimum absolute atomic E-state index is 0.0678. The standard InChI is InChI=1S/C14H16N2O3/c1-9-14(10-5-3-4-6-11(10)19-2)16-12(15-9)7-8-13(17)18/h3-6H,7-8H2,1-2H3,(H,15,16)(H,17,18). The van der Waals surface area contributed by atoms with Crippen LogP contribution in [0, 0.1) is 6.92 Å². The zero-order valence-electron chi connectivity index (χ0n) is 10.9. The van der Waals surface area contributed by atoms with Gasteiger partial charge in [0.25, 0.3) is 0 Å². The third kappa shape index (κ3) is 2.93. The molecule has 0 spiro atoms. The van der Waals surface area contributed by atoms with Crippen LogP contribution in [0.15, 0.2) is 24.3 Å². The van der Waals surface area contributed by atoms with Crippen LogP contribution < -0.4 is 4.74 Å². The molecular formula is C14H16N2O3. The number of aliphatic carboxylic acids is 1. The molecule has 19 heavy (non-hydrogen) atoms. The molecule has 0 saturated carbocycles. The van der Waals surface area contributed by atoms with Crippen molar-refractivity contribution in [3.63, 3.8) is 0 Å². The Morgan fingerprint density at radius 1 is 1.42 bits per heavy atom. The molecule has 0 radical (unpaired) electrons. The van der Waals surface area contributed by atoms with Crippen LogP contribution in [0.4, 0.5) is 0 Å². The highest BCUT2D eigenvalue weighted by atomic mass is 16.5. The summed E-state index contributed by atoms with van der Waals surface area (Å²) < 4.78 is 5.31. The van der Waals surface area contributed by atoms with Crippen molar-refractivity contribution in [3.05, 3.63) is 35.8 Å². The second-order valence-electron chi connectivity index (χ2n) is 4.25. The van der Waals surface area contributed by atoms with Crippen molar-refractivity contribution in [2.75, 3.05) is 7.11 Å². The fourth-order valence-corrected chi connectivity index (χ4v) is 1.97. The van der Waals surface area contributed by atoms with Gasteiger partial charge in [-0.15, -0.1) is 0 Å². The van der Waals surface area contributed by atoms with E-state index < -0.39 is 5.97 Å². The minimum Gasteiger partial charge on any atom is -0.496 e. The Morgan fingerprint density at radius 2 is 2.16 bits per heavy atom. The molecule has 1 heterocycles. The maximum Gasteiger partial charge on any atom is 0.303 e.